The van der Waals surface area contributed by atoms with Crippen molar-refractivity contribution in [1.29, 1.82) is 0 Å². The highest BCUT2D eigenvalue weighted by molar-refractivity contribution is 5.48. The Kier molecular flexibility index (Phi) is 4.30. The van der Waals surface area contributed by atoms with Crippen LogP contribution in [-0.4, -0.2) is 13.1 Å². The number of benzene rings is 1. The third-order valence-electron chi connectivity index (χ3n) is 5.42. The van der Waals surface area contributed by atoms with Crippen molar-refractivity contribution in [3.05, 3.63) is 29.8 Å². The van der Waals surface area contributed by atoms with Crippen molar-refractivity contribution in [1.82, 2.24) is 0 Å². The zero-order chi connectivity index (χ0) is 13.9. The van der Waals surface area contributed by atoms with Gasteiger partial charge in [-0.3, -0.25) is 0 Å². The Labute approximate surface area is 123 Å². The highest BCUT2D eigenvalue weighted by Crippen LogP contribution is 2.37. The van der Waals surface area contributed by atoms with Crippen molar-refractivity contribution in [2.45, 2.75) is 51.5 Å². The Morgan fingerprint density at radius 1 is 1.10 bits per heavy atom. The van der Waals surface area contributed by atoms with Crippen LogP contribution in [0.5, 0.6) is 0 Å². The second kappa shape index (κ2) is 6.17. The van der Waals surface area contributed by atoms with Crippen LogP contribution in [0.25, 0.3) is 0 Å². The van der Waals surface area contributed by atoms with E-state index in [1.54, 1.807) is 0 Å². The van der Waals surface area contributed by atoms with E-state index in [0.29, 0.717) is 0 Å². The Balaban J connectivity index is 1.67. The summed E-state index contributed by atoms with van der Waals surface area (Å²) < 4.78 is 0. The molecule has 1 heterocycles. The van der Waals surface area contributed by atoms with Crippen LogP contribution in [0.4, 0.5) is 5.69 Å². The Hall–Kier alpha value is -1.02. The van der Waals surface area contributed by atoms with Gasteiger partial charge >= 0.3 is 0 Å². The summed E-state index contributed by atoms with van der Waals surface area (Å²) in [5.41, 5.74) is 8.75. The quantitative estimate of drug-likeness (QED) is 0.897. The molecule has 3 atom stereocenters. The van der Waals surface area contributed by atoms with E-state index in [2.05, 4.69) is 36.1 Å². The minimum atomic E-state index is 0.188. The second-order valence-electron chi connectivity index (χ2n) is 6.65. The number of piperidine rings is 1. The largest absolute Gasteiger partial charge is 0.371 e. The molecule has 2 aliphatic rings. The van der Waals surface area contributed by atoms with Gasteiger partial charge in [0.2, 0.25) is 0 Å². The fourth-order valence-corrected chi connectivity index (χ4v) is 4.00. The molecule has 3 rings (SSSR count). The van der Waals surface area contributed by atoms with Gasteiger partial charge in [-0.2, -0.15) is 0 Å². The highest BCUT2D eigenvalue weighted by atomic mass is 15.1. The average molecular weight is 272 g/mol. The van der Waals surface area contributed by atoms with Crippen molar-refractivity contribution in [3.8, 4) is 0 Å². The lowest BCUT2D eigenvalue weighted by Crippen LogP contribution is -2.41. The first-order valence-corrected chi connectivity index (χ1v) is 8.38. The van der Waals surface area contributed by atoms with Crippen LogP contribution < -0.4 is 10.6 Å². The number of nitrogens with two attached hydrogens (primary N) is 1. The number of anilines is 1. The summed E-state index contributed by atoms with van der Waals surface area (Å²) in [6.45, 7) is 4.65. The fraction of sp³-hybridized carbons (Fsp3) is 0.667. The number of fused-ring (bicyclic) bond motifs is 1. The monoisotopic (exact) mass is 272 g/mol. The van der Waals surface area contributed by atoms with Crippen LogP contribution in [0.15, 0.2) is 24.3 Å². The maximum atomic E-state index is 6.10. The van der Waals surface area contributed by atoms with Crippen molar-refractivity contribution < 1.29 is 0 Å². The third-order valence-corrected chi connectivity index (χ3v) is 5.42. The molecule has 1 aromatic rings. The lowest BCUT2D eigenvalue weighted by Gasteiger charge is -2.42. The first-order valence-electron chi connectivity index (χ1n) is 8.38. The zero-order valence-corrected chi connectivity index (χ0v) is 12.7. The summed E-state index contributed by atoms with van der Waals surface area (Å²) in [5.74, 6) is 1.95. The van der Waals surface area contributed by atoms with Crippen molar-refractivity contribution in [2.24, 2.45) is 17.6 Å². The number of rotatable bonds is 3. The molecule has 0 amide bonds. The molecular formula is C18H28N2. The number of hydrogen-bond acceptors (Lipinski definition) is 2. The summed E-state index contributed by atoms with van der Waals surface area (Å²) in [6.07, 6.45) is 8.22. The van der Waals surface area contributed by atoms with Crippen LogP contribution in [0.1, 0.15) is 57.1 Å². The molecule has 0 spiro atoms. The van der Waals surface area contributed by atoms with Gasteiger partial charge in [0.15, 0.2) is 0 Å². The molecule has 1 aromatic carbocycles. The molecular weight excluding hydrogens is 244 g/mol. The van der Waals surface area contributed by atoms with Crippen molar-refractivity contribution >= 4 is 5.69 Å². The van der Waals surface area contributed by atoms with Gasteiger partial charge < -0.3 is 10.6 Å². The summed E-state index contributed by atoms with van der Waals surface area (Å²) in [6, 6.07) is 9.17. The zero-order valence-electron chi connectivity index (χ0n) is 12.7. The van der Waals surface area contributed by atoms with Gasteiger partial charge in [0.1, 0.15) is 0 Å². The molecule has 1 saturated carbocycles. The summed E-state index contributed by atoms with van der Waals surface area (Å²) in [4.78, 5) is 2.59. The van der Waals surface area contributed by atoms with Crippen molar-refractivity contribution in [2.75, 3.05) is 18.0 Å². The topological polar surface area (TPSA) is 29.3 Å². The molecule has 1 aliphatic carbocycles. The van der Waals surface area contributed by atoms with Crippen LogP contribution >= 0.6 is 0 Å². The highest BCUT2D eigenvalue weighted by Gasteiger charge is 2.31. The molecule has 110 valence electrons. The van der Waals surface area contributed by atoms with E-state index in [-0.39, 0.29) is 6.04 Å². The Bertz CT molecular complexity index is 426. The third kappa shape index (κ3) is 2.85. The van der Waals surface area contributed by atoms with Crippen LogP contribution in [0.3, 0.4) is 0 Å². The normalized spacial score (nSPS) is 28.0. The predicted octanol–water partition coefficient (Wildman–Crippen LogP) is 4.11. The predicted molar refractivity (Wildman–Crippen MR) is 85.9 cm³/mol. The van der Waals surface area contributed by atoms with E-state index in [1.807, 2.05) is 0 Å². The van der Waals surface area contributed by atoms with Gasteiger partial charge in [-0.25, -0.2) is 0 Å². The summed E-state index contributed by atoms with van der Waals surface area (Å²) >= 11 is 0. The average Bonchev–Trinajstić information content (AvgIpc) is 2.54. The Morgan fingerprint density at radius 3 is 2.50 bits per heavy atom. The summed E-state index contributed by atoms with van der Waals surface area (Å²) in [7, 11) is 0. The molecule has 2 heteroatoms. The van der Waals surface area contributed by atoms with Crippen LogP contribution in [-0.2, 0) is 0 Å². The van der Waals surface area contributed by atoms with Gasteiger partial charge in [0.05, 0.1) is 0 Å². The molecule has 1 aliphatic heterocycles. The van der Waals surface area contributed by atoms with Gasteiger partial charge in [0, 0.05) is 24.8 Å². The molecule has 2 nitrogen and oxygen atoms in total. The minimum absolute atomic E-state index is 0.188. The molecule has 2 N–H and O–H groups in total. The molecule has 2 unspecified atom stereocenters. The smallest absolute Gasteiger partial charge is 0.0366 e. The standard InChI is InChI=1S/C18H28N2/c1-2-18(19)15-7-9-17(10-8-15)20-12-11-14-5-3-4-6-16(14)13-20/h7-10,14,16,18H,2-6,11-13,19H2,1H3/t14?,16?,18-/m0/s1. The molecule has 0 aromatic heterocycles. The van der Waals surface area contributed by atoms with Gasteiger partial charge in [0.25, 0.3) is 0 Å². The number of hydrogen-bond donors (Lipinski definition) is 1. The minimum Gasteiger partial charge on any atom is -0.371 e. The number of nitrogens with zero attached hydrogens (tertiary/aromatic N) is 1. The maximum Gasteiger partial charge on any atom is 0.0366 e. The molecule has 0 radical (unpaired) electrons. The van der Waals surface area contributed by atoms with Crippen LogP contribution in [0.2, 0.25) is 0 Å². The van der Waals surface area contributed by atoms with Gasteiger partial charge in [-0.1, -0.05) is 38.3 Å². The van der Waals surface area contributed by atoms with E-state index in [9.17, 15) is 0 Å². The van der Waals surface area contributed by atoms with E-state index < -0.39 is 0 Å². The molecule has 0 bridgehead atoms. The van der Waals surface area contributed by atoms with E-state index >= 15 is 0 Å². The maximum absolute atomic E-state index is 6.10. The van der Waals surface area contributed by atoms with E-state index in [1.165, 1.54) is 56.4 Å². The Morgan fingerprint density at radius 2 is 1.80 bits per heavy atom. The first kappa shape index (κ1) is 13.9. The SMILES string of the molecule is CC[C@H](N)c1ccc(N2CCC3CCCCC3C2)cc1. The first-order chi connectivity index (χ1) is 9.78. The lowest BCUT2D eigenvalue weighted by molar-refractivity contribution is 0.202. The molecule has 1 saturated heterocycles. The molecule has 2 fully saturated rings. The fourth-order valence-electron chi connectivity index (χ4n) is 4.00. The van der Waals surface area contributed by atoms with E-state index in [4.69, 9.17) is 5.73 Å². The summed E-state index contributed by atoms with van der Waals surface area (Å²) in [5, 5.41) is 0. The van der Waals surface area contributed by atoms with Crippen LogP contribution in [0, 0.1) is 11.8 Å². The lowest BCUT2D eigenvalue weighted by atomic mass is 9.75. The molecule has 20 heavy (non-hydrogen) atoms. The van der Waals surface area contributed by atoms with Crippen molar-refractivity contribution in [3.63, 3.8) is 0 Å². The second-order valence-corrected chi connectivity index (χ2v) is 6.65. The van der Waals surface area contributed by atoms with E-state index in [0.717, 1.165) is 18.3 Å². The van der Waals surface area contributed by atoms with Gasteiger partial charge in [-0.15, -0.1) is 0 Å². The van der Waals surface area contributed by atoms with Gasteiger partial charge in [-0.05, 0) is 48.8 Å².